The Bertz CT molecular complexity index is 484. The van der Waals surface area contributed by atoms with E-state index in [1.54, 1.807) is 19.2 Å². The van der Waals surface area contributed by atoms with Crippen molar-refractivity contribution in [3.05, 3.63) is 29.8 Å². The summed E-state index contributed by atoms with van der Waals surface area (Å²) in [4.78, 5) is 12.4. The van der Waals surface area contributed by atoms with Gasteiger partial charge in [-0.1, -0.05) is 6.92 Å². The van der Waals surface area contributed by atoms with Crippen molar-refractivity contribution in [3.63, 3.8) is 0 Å². The molecule has 1 rings (SSSR count). The van der Waals surface area contributed by atoms with E-state index in [1.165, 1.54) is 11.0 Å². The first-order valence-electron chi connectivity index (χ1n) is 6.05. The van der Waals surface area contributed by atoms with Crippen LogP contribution in [0.15, 0.2) is 24.3 Å². The van der Waals surface area contributed by atoms with E-state index < -0.39 is 0 Å². The number of carbonyl (C=O) groups is 1. The van der Waals surface area contributed by atoms with Gasteiger partial charge in [0.2, 0.25) is 6.41 Å². The standard InChI is InChI=1S/C14H19N3O2/c1-3-8-19-14-5-4-11(12(16)6-7-15)9-13(14)17(2)10-18/h4-7,9-10,15H,3,8,16H2,1-2H3. The summed E-state index contributed by atoms with van der Waals surface area (Å²) in [6.45, 7) is 2.60. The second-order valence-electron chi connectivity index (χ2n) is 4.04. The van der Waals surface area contributed by atoms with Crippen molar-refractivity contribution in [1.82, 2.24) is 0 Å². The summed E-state index contributed by atoms with van der Waals surface area (Å²) in [5.41, 5.74) is 7.70. The largest absolute Gasteiger partial charge is 0.491 e. The van der Waals surface area contributed by atoms with Crippen LogP contribution in [0.5, 0.6) is 5.75 Å². The maximum absolute atomic E-state index is 10.9. The monoisotopic (exact) mass is 261 g/mol. The third kappa shape index (κ3) is 3.84. The molecule has 1 amide bonds. The lowest BCUT2D eigenvalue weighted by Gasteiger charge is -2.17. The van der Waals surface area contributed by atoms with Gasteiger partial charge >= 0.3 is 0 Å². The molecule has 0 aromatic heterocycles. The van der Waals surface area contributed by atoms with Crippen LogP contribution in [-0.2, 0) is 4.79 Å². The van der Waals surface area contributed by atoms with Crippen LogP contribution in [0.3, 0.4) is 0 Å². The summed E-state index contributed by atoms with van der Waals surface area (Å²) in [7, 11) is 1.65. The molecule has 0 saturated heterocycles. The van der Waals surface area contributed by atoms with Crippen LogP contribution in [0.1, 0.15) is 18.9 Å². The van der Waals surface area contributed by atoms with Gasteiger partial charge in [-0.3, -0.25) is 4.79 Å². The Morgan fingerprint density at radius 3 is 2.84 bits per heavy atom. The zero-order chi connectivity index (χ0) is 14.3. The molecule has 0 aliphatic carbocycles. The second-order valence-corrected chi connectivity index (χ2v) is 4.04. The summed E-state index contributed by atoms with van der Waals surface area (Å²) < 4.78 is 5.60. The van der Waals surface area contributed by atoms with E-state index in [9.17, 15) is 4.79 Å². The van der Waals surface area contributed by atoms with Crippen molar-refractivity contribution < 1.29 is 9.53 Å². The Morgan fingerprint density at radius 2 is 2.26 bits per heavy atom. The van der Waals surface area contributed by atoms with Crippen LogP contribution in [0, 0.1) is 5.41 Å². The van der Waals surface area contributed by atoms with Crippen LogP contribution in [0.4, 0.5) is 5.69 Å². The predicted molar refractivity (Wildman–Crippen MR) is 77.6 cm³/mol. The Hall–Kier alpha value is -2.30. The number of nitrogens with one attached hydrogen (secondary N) is 1. The highest BCUT2D eigenvalue weighted by molar-refractivity contribution is 5.85. The minimum absolute atomic E-state index is 0.470. The number of hydrogen-bond donors (Lipinski definition) is 2. The van der Waals surface area contributed by atoms with E-state index in [2.05, 4.69) is 0 Å². The molecule has 0 heterocycles. The molecule has 3 N–H and O–H groups in total. The predicted octanol–water partition coefficient (Wildman–Crippen LogP) is 2.02. The molecule has 5 nitrogen and oxygen atoms in total. The molecule has 102 valence electrons. The molecular formula is C14H19N3O2. The van der Waals surface area contributed by atoms with Gasteiger partial charge in [0.05, 0.1) is 12.3 Å². The maximum atomic E-state index is 10.9. The third-order valence-corrected chi connectivity index (χ3v) is 2.55. The van der Waals surface area contributed by atoms with E-state index in [0.29, 0.717) is 30.2 Å². The van der Waals surface area contributed by atoms with Gasteiger partial charge in [0.15, 0.2) is 0 Å². The van der Waals surface area contributed by atoms with Crippen molar-refractivity contribution in [2.75, 3.05) is 18.6 Å². The number of nitrogens with zero attached hydrogens (tertiary/aromatic N) is 1. The summed E-state index contributed by atoms with van der Waals surface area (Å²) >= 11 is 0. The maximum Gasteiger partial charge on any atom is 0.213 e. The molecule has 0 atom stereocenters. The third-order valence-electron chi connectivity index (χ3n) is 2.55. The topological polar surface area (TPSA) is 79.4 Å². The highest BCUT2D eigenvalue weighted by Crippen LogP contribution is 2.29. The van der Waals surface area contributed by atoms with Gasteiger partial charge in [0.25, 0.3) is 0 Å². The first-order valence-corrected chi connectivity index (χ1v) is 6.05. The van der Waals surface area contributed by atoms with Crippen molar-refractivity contribution in [3.8, 4) is 5.75 Å². The van der Waals surface area contributed by atoms with E-state index in [4.69, 9.17) is 15.9 Å². The van der Waals surface area contributed by atoms with Gasteiger partial charge in [-0.25, -0.2) is 0 Å². The lowest BCUT2D eigenvalue weighted by Crippen LogP contribution is -2.16. The smallest absolute Gasteiger partial charge is 0.213 e. The number of allylic oxidation sites excluding steroid dienone is 1. The minimum atomic E-state index is 0.470. The SMILES string of the molecule is CCCOc1ccc(C(N)=CC=N)cc1N(C)C=O. The van der Waals surface area contributed by atoms with E-state index in [0.717, 1.165) is 18.2 Å². The summed E-state index contributed by atoms with van der Waals surface area (Å²) in [5.74, 6) is 0.642. The number of nitrogens with two attached hydrogens (primary N) is 1. The number of hydrogen-bond acceptors (Lipinski definition) is 4. The first kappa shape index (κ1) is 14.8. The lowest BCUT2D eigenvalue weighted by atomic mass is 10.1. The number of rotatable bonds is 7. The molecule has 0 spiro atoms. The number of anilines is 1. The Balaban J connectivity index is 3.18. The summed E-state index contributed by atoms with van der Waals surface area (Å²) in [6.07, 6.45) is 4.23. The fraction of sp³-hybridized carbons (Fsp3) is 0.286. The molecular weight excluding hydrogens is 242 g/mol. The molecule has 1 aromatic carbocycles. The number of carbonyl (C=O) groups excluding carboxylic acids is 1. The Labute approximate surface area is 113 Å². The summed E-state index contributed by atoms with van der Waals surface area (Å²) in [6, 6.07) is 5.36. The minimum Gasteiger partial charge on any atom is -0.491 e. The van der Waals surface area contributed by atoms with Crippen LogP contribution in [0.25, 0.3) is 5.70 Å². The highest BCUT2D eigenvalue weighted by Gasteiger charge is 2.10. The molecule has 0 radical (unpaired) electrons. The van der Waals surface area contributed by atoms with E-state index in [-0.39, 0.29) is 0 Å². The number of amides is 1. The quantitative estimate of drug-likeness (QED) is 0.582. The lowest BCUT2D eigenvalue weighted by molar-refractivity contribution is -0.107. The fourth-order valence-corrected chi connectivity index (χ4v) is 1.55. The molecule has 0 bridgehead atoms. The Morgan fingerprint density at radius 1 is 1.53 bits per heavy atom. The highest BCUT2D eigenvalue weighted by atomic mass is 16.5. The van der Waals surface area contributed by atoms with Crippen LogP contribution in [-0.4, -0.2) is 26.3 Å². The van der Waals surface area contributed by atoms with Gasteiger partial charge in [-0.15, -0.1) is 0 Å². The first-order chi connectivity index (χ1) is 9.13. The molecule has 0 aliphatic heterocycles. The molecule has 0 saturated carbocycles. The zero-order valence-corrected chi connectivity index (χ0v) is 11.2. The second kappa shape index (κ2) is 7.20. The number of ether oxygens (including phenoxy) is 1. The number of benzene rings is 1. The zero-order valence-electron chi connectivity index (χ0n) is 11.2. The molecule has 0 aliphatic rings. The fourth-order valence-electron chi connectivity index (χ4n) is 1.55. The molecule has 19 heavy (non-hydrogen) atoms. The average Bonchev–Trinajstić information content (AvgIpc) is 2.44. The van der Waals surface area contributed by atoms with E-state index in [1.807, 2.05) is 13.0 Å². The molecule has 1 aromatic rings. The van der Waals surface area contributed by atoms with Crippen molar-refractivity contribution >= 4 is 24.0 Å². The average molecular weight is 261 g/mol. The van der Waals surface area contributed by atoms with Gasteiger partial charge in [0, 0.05) is 19.0 Å². The van der Waals surface area contributed by atoms with Gasteiger partial charge in [0.1, 0.15) is 5.75 Å². The van der Waals surface area contributed by atoms with E-state index >= 15 is 0 Å². The van der Waals surface area contributed by atoms with Gasteiger partial charge < -0.3 is 20.8 Å². The van der Waals surface area contributed by atoms with Crippen LogP contribution in [0.2, 0.25) is 0 Å². The van der Waals surface area contributed by atoms with Gasteiger partial charge in [-0.2, -0.15) is 0 Å². The van der Waals surface area contributed by atoms with Crippen molar-refractivity contribution in [2.24, 2.45) is 5.73 Å². The summed E-state index contributed by atoms with van der Waals surface area (Å²) in [5, 5.41) is 7.02. The molecule has 5 heteroatoms. The Kier molecular flexibility index (Phi) is 5.60. The normalized spacial score (nSPS) is 10.9. The van der Waals surface area contributed by atoms with Crippen molar-refractivity contribution in [1.29, 1.82) is 5.41 Å². The van der Waals surface area contributed by atoms with Gasteiger partial charge in [-0.05, 0) is 36.3 Å². The molecule has 0 fully saturated rings. The molecule has 0 unspecified atom stereocenters. The van der Waals surface area contributed by atoms with Crippen LogP contribution >= 0.6 is 0 Å². The van der Waals surface area contributed by atoms with Crippen LogP contribution < -0.4 is 15.4 Å². The van der Waals surface area contributed by atoms with Crippen molar-refractivity contribution in [2.45, 2.75) is 13.3 Å².